The van der Waals surface area contributed by atoms with Gasteiger partial charge in [0.1, 0.15) is 5.75 Å². The molecule has 5 nitrogen and oxygen atoms in total. The molecular weight excluding hydrogens is 268 g/mol. The van der Waals surface area contributed by atoms with E-state index in [0.717, 1.165) is 44.0 Å². The minimum atomic E-state index is -0.0427. The molecule has 1 fully saturated rings. The van der Waals surface area contributed by atoms with E-state index in [9.17, 15) is 4.79 Å². The van der Waals surface area contributed by atoms with Gasteiger partial charge in [-0.1, -0.05) is 13.0 Å². The number of ether oxygens (including phenoxy) is 2. The minimum Gasteiger partial charge on any atom is -0.497 e. The standard InChI is InChI=1S/C16H24N2O3/c1-16(6-8-21-9-7-16)12-17-11-15(19)18-13-4-3-5-14(10-13)20-2/h3-5,10,17H,6-9,11-12H2,1-2H3,(H,18,19). The van der Waals surface area contributed by atoms with E-state index in [0.29, 0.717) is 6.54 Å². The molecule has 1 heterocycles. The summed E-state index contributed by atoms with van der Waals surface area (Å²) < 4.78 is 10.5. The van der Waals surface area contributed by atoms with Crippen LogP contribution in [0.25, 0.3) is 0 Å². The number of nitrogens with one attached hydrogen (secondary N) is 2. The highest BCUT2D eigenvalue weighted by Crippen LogP contribution is 2.28. The number of amides is 1. The molecule has 1 aromatic carbocycles. The number of carbonyl (C=O) groups is 1. The van der Waals surface area contributed by atoms with Gasteiger partial charge in [0, 0.05) is 31.5 Å². The molecule has 0 bridgehead atoms. The summed E-state index contributed by atoms with van der Waals surface area (Å²) in [5, 5.41) is 6.11. The monoisotopic (exact) mass is 292 g/mol. The molecule has 0 radical (unpaired) electrons. The van der Waals surface area contributed by atoms with Gasteiger partial charge in [0.05, 0.1) is 13.7 Å². The molecule has 0 aromatic heterocycles. The molecule has 0 spiro atoms. The Morgan fingerprint density at radius 1 is 1.38 bits per heavy atom. The van der Waals surface area contributed by atoms with E-state index in [-0.39, 0.29) is 11.3 Å². The molecule has 1 amide bonds. The maximum Gasteiger partial charge on any atom is 0.238 e. The largest absolute Gasteiger partial charge is 0.497 e. The molecule has 2 rings (SSSR count). The van der Waals surface area contributed by atoms with Crippen molar-refractivity contribution in [1.82, 2.24) is 5.32 Å². The molecule has 21 heavy (non-hydrogen) atoms. The van der Waals surface area contributed by atoms with Crippen molar-refractivity contribution in [2.24, 2.45) is 5.41 Å². The lowest BCUT2D eigenvalue weighted by Gasteiger charge is -2.33. The second kappa shape index (κ2) is 7.43. The summed E-state index contributed by atoms with van der Waals surface area (Å²) in [7, 11) is 1.61. The van der Waals surface area contributed by atoms with Crippen LogP contribution in [-0.4, -0.2) is 39.3 Å². The van der Waals surface area contributed by atoms with Gasteiger partial charge in [-0.05, 0) is 30.4 Å². The van der Waals surface area contributed by atoms with E-state index in [1.165, 1.54) is 0 Å². The Labute approximate surface area is 126 Å². The van der Waals surface area contributed by atoms with Crippen molar-refractivity contribution in [2.45, 2.75) is 19.8 Å². The lowest BCUT2D eigenvalue weighted by atomic mass is 9.82. The highest BCUT2D eigenvalue weighted by atomic mass is 16.5. The van der Waals surface area contributed by atoms with Gasteiger partial charge in [0.15, 0.2) is 0 Å². The van der Waals surface area contributed by atoms with Gasteiger partial charge in [-0.15, -0.1) is 0 Å². The Morgan fingerprint density at radius 3 is 2.86 bits per heavy atom. The molecule has 0 aliphatic carbocycles. The molecule has 1 saturated heterocycles. The Morgan fingerprint density at radius 2 is 2.14 bits per heavy atom. The maximum absolute atomic E-state index is 11.9. The van der Waals surface area contributed by atoms with Crippen LogP contribution in [0.15, 0.2) is 24.3 Å². The van der Waals surface area contributed by atoms with Crippen molar-refractivity contribution in [1.29, 1.82) is 0 Å². The minimum absolute atomic E-state index is 0.0427. The lowest BCUT2D eigenvalue weighted by Crippen LogP contribution is -2.39. The molecule has 2 N–H and O–H groups in total. The first-order valence-electron chi connectivity index (χ1n) is 7.34. The summed E-state index contributed by atoms with van der Waals surface area (Å²) in [5.74, 6) is 0.689. The fraction of sp³-hybridized carbons (Fsp3) is 0.562. The third-order valence-corrected chi connectivity index (χ3v) is 3.89. The molecule has 0 saturated carbocycles. The molecule has 116 valence electrons. The average Bonchev–Trinajstić information content (AvgIpc) is 2.48. The molecule has 0 unspecified atom stereocenters. The van der Waals surface area contributed by atoms with E-state index in [1.807, 2.05) is 18.2 Å². The predicted octanol–water partition coefficient (Wildman–Crippen LogP) is 2.04. The van der Waals surface area contributed by atoms with Gasteiger partial charge in [-0.2, -0.15) is 0 Å². The molecule has 1 aliphatic rings. The second-order valence-electron chi connectivity index (χ2n) is 5.81. The van der Waals surface area contributed by atoms with Crippen LogP contribution in [0, 0.1) is 5.41 Å². The van der Waals surface area contributed by atoms with E-state index in [1.54, 1.807) is 13.2 Å². The van der Waals surface area contributed by atoms with E-state index < -0.39 is 0 Å². The number of hydrogen-bond donors (Lipinski definition) is 2. The van der Waals surface area contributed by atoms with E-state index >= 15 is 0 Å². The molecule has 1 aromatic rings. The van der Waals surface area contributed by atoms with Crippen molar-refractivity contribution in [3.63, 3.8) is 0 Å². The third kappa shape index (κ3) is 5.02. The van der Waals surface area contributed by atoms with Crippen molar-refractivity contribution < 1.29 is 14.3 Å². The first-order valence-corrected chi connectivity index (χ1v) is 7.34. The normalized spacial score (nSPS) is 17.2. The van der Waals surface area contributed by atoms with Crippen LogP contribution in [0.3, 0.4) is 0 Å². The fourth-order valence-corrected chi connectivity index (χ4v) is 2.42. The van der Waals surface area contributed by atoms with Gasteiger partial charge >= 0.3 is 0 Å². The summed E-state index contributed by atoms with van der Waals surface area (Å²) in [6.45, 7) is 5.01. The van der Waals surface area contributed by atoms with Gasteiger partial charge in [-0.25, -0.2) is 0 Å². The van der Waals surface area contributed by atoms with Crippen molar-refractivity contribution in [2.75, 3.05) is 38.7 Å². The summed E-state index contributed by atoms with van der Waals surface area (Å²) >= 11 is 0. The zero-order valence-corrected chi connectivity index (χ0v) is 12.8. The van der Waals surface area contributed by atoms with Crippen LogP contribution < -0.4 is 15.4 Å². The summed E-state index contributed by atoms with van der Waals surface area (Å²) in [6, 6.07) is 7.35. The molecule has 1 aliphatic heterocycles. The summed E-state index contributed by atoms with van der Waals surface area (Å²) in [6.07, 6.45) is 2.08. The Bertz CT molecular complexity index is 470. The third-order valence-electron chi connectivity index (χ3n) is 3.89. The van der Waals surface area contributed by atoms with E-state index in [4.69, 9.17) is 9.47 Å². The van der Waals surface area contributed by atoms with Gasteiger partial charge in [0.25, 0.3) is 0 Å². The molecular formula is C16H24N2O3. The van der Waals surface area contributed by atoms with Crippen LogP contribution in [0.4, 0.5) is 5.69 Å². The number of methoxy groups -OCH3 is 1. The van der Waals surface area contributed by atoms with Crippen molar-refractivity contribution in [3.05, 3.63) is 24.3 Å². The second-order valence-corrected chi connectivity index (χ2v) is 5.81. The summed E-state index contributed by atoms with van der Waals surface area (Å²) in [5.41, 5.74) is 0.979. The number of hydrogen-bond acceptors (Lipinski definition) is 4. The Hall–Kier alpha value is -1.59. The summed E-state index contributed by atoms with van der Waals surface area (Å²) in [4.78, 5) is 11.9. The van der Waals surface area contributed by atoms with Crippen LogP contribution in [0.2, 0.25) is 0 Å². The zero-order valence-electron chi connectivity index (χ0n) is 12.8. The van der Waals surface area contributed by atoms with Crippen LogP contribution in [0.5, 0.6) is 5.75 Å². The first-order chi connectivity index (χ1) is 10.1. The highest BCUT2D eigenvalue weighted by Gasteiger charge is 2.26. The van der Waals surface area contributed by atoms with Gasteiger partial charge < -0.3 is 20.1 Å². The van der Waals surface area contributed by atoms with Gasteiger partial charge in [-0.3, -0.25) is 4.79 Å². The zero-order chi connectivity index (χ0) is 15.1. The van der Waals surface area contributed by atoms with Crippen LogP contribution in [0.1, 0.15) is 19.8 Å². The maximum atomic E-state index is 11.9. The molecule has 5 heteroatoms. The fourth-order valence-electron chi connectivity index (χ4n) is 2.42. The van der Waals surface area contributed by atoms with Crippen LogP contribution in [-0.2, 0) is 9.53 Å². The number of benzene rings is 1. The number of rotatable bonds is 6. The first kappa shape index (κ1) is 15.8. The quantitative estimate of drug-likeness (QED) is 0.842. The van der Waals surface area contributed by atoms with E-state index in [2.05, 4.69) is 17.6 Å². The molecule has 0 atom stereocenters. The van der Waals surface area contributed by atoms with Crippen LogP contribution >= 0.6 is 0 Å². The van der Waals surface area contributed by atoms with Crippen molar-refractivity contribution in [3.8, 4) is 5.75 Å². The SMILES string of the molecule is COc1cccc(NC(=O)CNCC2(C)CCOCC2)c1. The highest BCUT2D eigenvalue weighted by molar-refractivity contribution is 5.92. The van der Waals surface area contributed by atoms with Gasteiger partial charge in [0.2, 0.25) is 5.91 Å². The number of carbonyl (C=O) groups excluding carboxylic acids is 1. The predicted molar refractivity (Wildman–Crippen MR) is 82.7 cm³/mol. The Balaban J connectivity index is 1.74. The lowest BCUT2D eigenvalue weighted by molar-refractivity contribution is -0.115. The number of anilines is 1. The Kier molecular flexibility index (Phi) is 5.59. The smallest absolute Gasteiger partial charge is 0.238 e. The van der Waals surface area contributed by atoms with Crippen molar-refractivity contribution >= 4 is 11.6 Å². The average molecular weight is 292 g/mol. The topological polar surface area (TPSA) is 59.6 Å².